The molecule has 1 aliphatic heterocycles. The smallest absolute Gasteiger partial charge is 0.0731 e. The second-order valence-electron chi connectivity index (χ2n) is 6.12. The van der Waals surface area contributed by atoms with Gasteiger partial charge in [-0.2, -0.15) is 0 Å². The number of methoxy groups -OCH3 is 1. The predicted octanol–water partition coefficient (Wildman–Crippen LogP) is 0.994. The molecular weight excluding hydrogens is 228 g/mol. The lowest BCUT2D eigenvalue weighted by Gasteiger charge is -2.50. The van der Waals surface area contributed by atoms with Crippen LogP contribution in [-0.4, -0.2) is 56.0 Å². The average molecular weight is 254 g/mol. The Kier molecular flexibility index (Phi) is 3.63. The van der Waals surface area contributed by atoms with E-state index in [4.69, 9.17) is 15.2 Å². The summed E-state index contributed by atoms with van der Waals surface area (Å²) in [6.45, 7) is 3.38. The molecule has 3 fully saturated rings. The molecule has 0 aromatic heterocycles. The van der Waals surface area contributed by atoms with E-state index >= 15 is 0 Å². The van der Waals surface area contributed by atoms with Crippen LogP contribution in [0.25, 0.3) is 0 Å². The summed E-state index contributed by atoms with van der Waals surface area (Å²) in [7, 11) is 1.80. The Balaban J connectivity index is 1.83. The van der Waals surface area contributed by atoms with Crippen molar-refractivity contribution in [2.24, 2.45) is 11.7 Å². The summed E-state index contributed by atoms with van der Waals surface area (Å²) in [5.41, 5.74) is 6.26. The normalized spacial score (nSPS) is 36.3. The lowest BCUT2D eigenvalue weighted by Crippen LogP contribution is -2.66. The standard InChI is InChI=1S/C14H26N2O2/c1-17-10-14(9-15,11-5-6-11)16-7-8-18-13-4-2-3-12(13)16/h11-13H,2-10,15H2,1H3. The molecule has 2 aliphatic carbocycles. The van der Waals surface area contributed by atoms with Gasteiger partial charge in [-0.25, -0.2) is 0 Å². The third-order valence-corrected chi connectivity index (χ3v) is 5.14. The maximum absolute atomic E-state index is 6.19. The third kappa shape index (κ3) is 1.99. The zero-order chi connectivity index (χ0) is 12.6. The summed E-state index contributed by atoms with van der Waals surface area (Å²) < 4.78 is 11.5. The zero-order valence-corrected chi connectivity index (χ0v) is 11.4. The number of rotatable bonds is 5. The van der Waals surface area contributed by atoms with Gasteiger partial charge in [0.1, 0.15) is 0 Å². The van der Waals surface area contributed by atoms with Gasteiger partial charge in [-0.15, -0.1) is 0 Å². The van der Waals surface area contributed by atoms with E-state index in [0.717, 1.165) is 25.7 Å². The predicted molar refractivity (Wildman–Crippen MR) is 70.5 cm³/mol. The second kappa shape index (κ2) is 5.08. The quantitative estimate of drug-likeness (QED) is 0.795. The van der Waals surface area contributed by atoms with E-state index in [1.54, 1.807) is 7.11 Å². The molecule has 18 heavy (non-hydrogen) atoms. The van der Waals surface area contributed by atoms with E-state index in [2.05, 4.69) is 4.90 Å². The van der Waals surface area contributed by atoms with Crippen molar-refractivity contribution in [1.82, 2.24) is 4.90 Å². The Morgan fingerprint density at radius 3 is 2.83 bits per heavy atom. The van der Waals surface area contributed by atoms with Crippen LogP contribution in [0.1, 0.15) is 32.1 Å². The van der Waals surface area contributed by atoms with Crippen molar-refractivity contribution in [2.45, 2.75) is 49.8 Å². The molecule has 4 nitrogen and oxygen atoms in total. The average Bonchev–Trinajstić information content (AvgIpc) is 3.13. The van der Waals surface area contributed by atoms with Crippen LogP contribution in [0, 0.1) is 5.92 Å². The number of hydrogen-bond donors (Lipinski definition) is 1. The first-order valence-electron chi connectivity index (χ1n) is 7.39. The molecule has 0 aromatic carbocycles. The van der Waals surface area contributed by atoms with Gasteiger partial charge < -0.3 is 15.2 Å². The van der Waals surface area contributed by atoms with Crippen molar-refractivity contribution >= 4 is 0 Å². The molecule has 0 radical (unpaired) electrons. The SMILES string of the molecule is COCC(CN)(C1CC1)N1CCOC2CCCC21. The van der Waals surface area contributed by atoms with Crippen molar-refractivity contribution in [3.05, 3.63) is 0 Å². The summed E-state index contributed by atoms with van der Waals surface area (Å²) in [5, 5.41) is 0. The molecule has 2 saturated carbocycles. The number of fused-ring (bicyclic) bond motifs is 1. The van der Waals surface area contributed by atoms with E-state index in [0.29, 0.717) is 18.7 Å². The van der Waals surface area contributed by atoms with Gasteiger partial charge in [0, 0.05) is 26.2 Å². The molecule has 4 heteroatoms. The van der Waals surface area contributed by atoms with Gasteiger partial charge in [-0.1, -0.05) is 0 Å². The maximum Gasteiger partial charge on any atom is 0.0731 e. The highest BCUT2D eigenvalue weighted by Gasteiger charge is 2.53. The molecular formula is C14H26N2O2. The lowest BCUT2D eigenvalue weighted by atomic mass is 9.88. The minimum Gasteiger partial charge on any atom is -0.383 e. The molecule has 0 bridgehead atoms. The van der Waals surface area contributed by atoms with Crippen LogP contribution in [0.4, 0.5) is 0 Å². The maximum atomic E-state index is 6.19. The number of ether oxygens (including phenoxy) is 2. The second-order valence-corrected chi connectivity index (χ2v) is 6.12. The van der Waals surface area contributed by atoms with Gasteiger partial charge in [0.2, 0.25) is 0 Å². The van der Waals surface area contributed by atoms with E-state index < -0.39 is 0 Å². The van der Waals surface area contributed by atoms with E-state index in [-0.39, 0.29) is 5.54 Å². The molecule has 104 valence electrons. The van der Waals surface area contributed by atoms with Crippen LogP contribution in [0.3, 0.4) is 0 Å². The van der Waals surface area contributed by atoms with Crippen LogP contribution in [0.5, 0.6) is 0 Å². The zero-order valence-electron chi connectivity index (χ0n) is 11.4. The molecule has 3 unspecified atom stereocenters. The number of nitrogens with zero attached hydrogens (tertiary/aromatic N) is 1. The summed E-state index contributed by atoms with van der Waals surface area (Å²) in [6, 6.07) is 0.582. The molecule has 3 rings (SSSR count). The van der Waals surface area contributed by atoms with Gasteiger partial charge >= 0.3 is 0 Å². The molecule has 2 N–H and O–H groups in total. The molecule has 1 saturated heterocycles. The Bertz CT molecular complexity index is 296. The van der Waals surface area contributed by atoms with Crippen LogP contribution >= 0.6 is 0 Å². The first kappa shape index (κ1) is 12.9. The minimum atomic E-state index is 0.0752. The van der Waals surface area contributed by atoms with Crippen molar-refractivity contribution in [3.8, 4) is 0 Å². The Morgan fingerprint density at radius 1 is 1.33 bits per heavy atom. The largest absolute Gasteiger partial charge is 0.383 e. The summed E-state index contributed by atoms with van der Waals surface area (Å²) >= 11 is 0. The Labute approximate surface area is 110 Å². The number of morpholine rings is 1. The topological polar surface area (TPSA) is 47.7 Å². The highest BCUT2D eigenvalue weighted by Crippen LogP contribution is 2.46. The van der Waals surface area contributed by atoms with Gasteiger partial charge in [-0.05, 0) is 38.0 Å². The van der Waals surface area contributed by atoms with Gasteiger partial charge in [0.05, 0.1) is 24.9 Å². The lowest BCUT2D eigenvalue weighted by molar-refractivity contribution is -0.119. The Morgan fingerprint density at radius 2 is 2.17 bits per heavy atom. The first-order chi connectivity index (χ1) is 8.81. The number of hydrogen-bond acceptors (Lipinski definition) is 4. The fourth-order valence-corrected chi connectivity index (χ4v) is 4.13. The van der Waals surface area contributed by atoms with Crippen LogP contribution < -0.4 is 5.73 Å². The number of nitrogens with two attached hydrogens (primary N) is 1. The molecule has 0 amide bonds. The first-order valence-corrected chi connectivity index (χ1v) is 7.39. The van der Waals surface area contributed by atoms with Crippen molar-refractivity contribution in [2.75, 3.05) is 33.4 Å². The highest BCUT2D eigenvalue weighted by molar-refractivity contribution is 5.08. The van der Waals surface area contributed by atoms with Crippen LogP contribution in [0.15, 0.2) is 0 Å². The summed E-state index contributed by atoms with van der Waals surface area (Å²) in [4.78, 5) is 2.66. The minimum absolute atomic E-state index is 0.0752. The fourth-order valence-electron chi connectivity index (χ4n) is 4.13. The van der Waals surface area contributed by atoms with Crippen molar-refractivity contribution in [1.29, 1.82) is 0 Å². The van der Waals surface area contributed by atoms with Crippen molar-refractivity contribution < 1.29 is 9.47 Å². The van der Waals surface area contributed by atoms with Gasteiger partial charge in [0.25, 0.3) is 0 Å². The van der Waals surface area contributed by atoms with Gasteiger partial charge in [-0.3, -0.25) is 4.90 Å². The van der Waals surface area contributed by atoms with E-state index in [1.807, 2.05) is 0 Å². The van der Waals surface area contributed by atoms with Crippen LogP contribution in [-0.2, 0) is 9.47 Å². The molecule has 0 spiro atoms. The van der Waals surface area contributed by atoms with E-state index in [1.165, 1.54) is 32.1 Å². The van der Waals surface area contributed by atoms with Gasteiger partial charge in [0.15, 0.2) is 0 Å². The Hall–Kier alpha value is -0.160. The fraction of sp³-hybridized carbons (Fsp3) is 1.00. The third-order valence-electron chi connectivity index (χ3n) is 5.14. The molecule has 1 heterocycles. The monoisotopic (exact) mass is 254 g/mol. The molecule has 0 aromatic rings. The van der Waals surface area contributed by atoms with Crippen molar-refractivity contribution in [3.63, 3.8) is 0 Å². The molecule has 3 atom stereocenters. The van der Waals surface area contributed by atoms with E-state index in [9.17, 15) is 0 Å². The van der Waals surface area contributed by atoms with Crippen LogP contribution in [0.2, 0.25) is 0 Å². The summed E-state index contributed by atoms with van der Waals surface area (Å²) in [6.07, 6.45) is 6.86. The molecule has 3 aliphatic rings. The summed E-state index contributed by atoms with van der Waals surface area (Å²) in [5.74, 6) is 0.738. The highest BCUT2D eigenvalue weighted by atomic mass is 16.5.